The van der Waals surface area contributed by atoms with Gasteiger partial charge in [-0.15, -0.1) is 0 Å². The van der Waals surface area contributed by atoms with E-state index in [1.165, 1.54) is 0 Å². The molecule has 1 aliphatic rings. The lowest BCUT2D eigenvalue weighted by molar-refractivity contribution is 0.435. The van der Waals surface area contributed by atoms with Crippen LogP contribution in [0.5, 0.6) is 0 Å². The highest BCUT2D eigenvalue weighted by atomic mass is 31.2. The van der Waals surface area contributed by atoms with Crippen LogP contribution in [0.3, 0.4) is 0 Å². The zero-order chi connectivity index (χ0) is 5.49. The highest BCUT2D eigenvalue weighted by Gasteiger charge is 2.39. The lowest BCUT2D eigenvalue weighted by Crippen LogP contribution is -1.77. The monoisotopic (exact) mass is 124 g/mol. The molecule has 42 valence electrons. The molecule has 0 N–H and O–H groups in total. The molecule has 1 saturated heterocycles. The molecule has 2 unspecified atom stereocenters. The Hall–Kier alpha value is 0.120. The number of halogens is 1. The SMILES string of the molecule is CP(=O)(F)C1CO1. The lowest BCUT2D eigenvalue weighted by Gasteiger charge is -1.90. The average molecular weight is 124 g/mol. The minimum Gasteiger partial charge on any atom is -0.362 e. The normalized spacial score (nSPS) is 37.1. The smallest absolute Gasteiger partial charge is 0.270 e. The zero-order valence-corrected chi connectivity index (χ0v) is 4.82. The van der Waals surface area contributed by atoms with Gasteiger partial charge < -0.3 is 4.74 Å². The van der Waals surface area contributed by atoms with Crippen LogP contribution < -0.4 is 0 Å². The maximum absolute atomic E-state index is 12.0. The molecule has 0 aliphatic carbocycles. The minimum absolute atomic E-state index is 0.338. The molecule has 1 fully saturated rings. The highest BCUT2D eigenvalue weighted by Crippen LogP contribution is 2.54. The van der Waals surface area contributed by atoms with Crippen LogP contribution in [-0.2, 0) is 9.30 Å². The molecule has 4 heteroatoms. The molecular weight excluding hydrogens is 118 g/mol. The van der Waals surface area contributed by atoms with Crippen molar-refractivity contribution in [3.05, 3.63) is 0 Å². The second kappa shape index (κ2) is 1.30. The van der Waals surface area contributed by atoms with Crippen LogP contribution >= 0.6 is 7.45 Å². The molecule has 0 radical (unpaired) electrons. The summed E-state index contributed by atoms with van der Waals surface area (Å²) < 4.78 is 26.6. The van der Waals surface area contributed by atoms with Crippen LogP contribution in [0.25, 0.3) is 0 Å². The van der Waals surface area contributed by atoms with Crippen molar-refractivity contribution in [3.8, 4) is 0 Å². The summed E-state index contributed by atoms with van der Waals surface area (Å²) >= 11 is 0. The fourth-order valence-electron chi connectivity index (χ4n) is 0.309. The van der Waals surface area contributed by atoms with Gasteiger partial charge in [0.05, 0.1) is 6.61 Å². The maximum atomic E-state index is 12.0. The van der Waals surface area contributed by atoms with Gasteiger partial charge in [-0.25, -0.2) is 0 Å². The van der Waals surface area contributed by atoms with Crippen molar-refractivity contribution in [3.63, 3.8) is 0 Å². The first-order chi connectivity index (χ1) is 3.11. The van der Waals surface area contributed by atoms with Gasteiger partial charge in [0.1, 0.15) is 0 Å². The Bertz CT molecular complexity index is 114. The van der Waals surface area contributed by atoms with E-state index in [1.54, 1.807) is 0 Å². The van der Waals surface area contributed by atoms with Crippen LogP contribution in [-0.4, -0.2) is 19.1 Å². The van der Waals surface area contributed by atoms with Crippen molar-refractivity contribution in [1.82, 2.24) is 0 Å². The van der Waals surface area contributed by atoms with Crippen molar-refractivity contribution in [2.24, 2.45) is 0 Å². The first kappa shape index (κ1) is 5.26. The molecular formula is C3H6FO2P. The summed E-state index contributed by atoms with van der Waals surface area (Å²) in [7, 11) is -3.35. The molecule has 0 amide bonds. The minimum atomic E-state index is -3.35. The van der Waals surface area contributed by atoms with E-state index in [-0.39, 0.29) is 0 Å². The Labute approximate surface area is 41.2 Å². The first-order valence-electron chi connectivity index (χ1n) is 1.99. The van der Waals surface area contributed by atoms with Crippen molar-refractivity contribution in [2.75, 3.05) is 13.3 Å². The average Bonchev–Trinajstić information content (AvgIpc) is 1.99. The Morgan fingerprint density at radius 2 is 2.43 bits per heavy atom. The van der Waals surface area contributed by atoms with Crippen LogP contribution in [0.1, 0.15) is 0 Å². The third-order valence-electron chi connectivity index (χ3n) is 0.830. The van der Waals surface area contributed by atoms with E-state index in [2.05, 4.69) is 4.74 Å². The number of ether oxygens (including phenoxy) is 1. The second-order valence-corrected chi connectivity index (χ2v) is 4.01. The van der Waals surface area contributed by atoms with Crippen molar-refractivity contribution in [2.45, 2.75) is 5.85 Å². The van der Waals surface area contributed by atoms with Gasteiger partial charge in [-0.05, 0) is 0 Å². The molecule has 0 aromatic rings. The predicted molar refractivity (Wildman–Crippen MR) is 24.4 cm³/mol. The van der Waals surface area contributed by atoms with Crippen LogP contribution in [0.4, 0.5) is 4.20 Å². The van der Waals surface area contributed by atoms with Crippen LogP contribution in [0.15, 0.2) is 0 Å². The fraction of sp³-hybridized carbons (Fsp3) is 1.00. The van der Waals surface area contributed by atoms with Gasteiger partial charge in [0.2, 0.25) is 0 Å². The summed E-state index contributed by atoms with van der Waals surface area (Å²) in [6, 6.07) is 0. The molecule has 2 atom stereocenters. The van der Waals surface area contributed by atoms with Gasteiger partial charge >= 0.3 is 0 Å². The third-order valence-corrected chi connectivity index (χ3v) is 2.16. The van der Waals surface area contributed by atoms with Crippen LogP contribution in [0, 0.1) is 0 Å². The molecule has 1 aliphatic heterocycles. The molecule has 1 rings (SSSR count). The summed E-state index contributed by atoms with van der Waals surface area (Å²) in [5.41, 5.74) is 0. The summed E-state index contributed by atoms with van der Waals surface area (Å²) in [6.45, 7) is 1.43. The first-order valence-corrected chi connectivity index (χ1v) is 4.10. The van der Waals surface area contributed by atoms with Gasteiger partial charge in [-0.3, -0.25) is 4.57 Å². The predicted octanol–water partition coefficient (Wildman–Crippen LogP) is 1.22. The summed E-state index contributed by atoms with van der Waals surface area (Å²) in [5.74, 6) is -0.563. The number of rotatable bonds is 1. The van der Waals surface area contributed by atoms with Gasteiger partial charge in [0, 0.05) is 6.66 Å². The second-order valence-electron chi connectivity index (χ2n) is 1.67. The van der Waals surface area contributed by atoms with E-state index in [0.29, 0.717) is 6.61 Å². The molecule has 2 nitrogen and oxygen atoms in total. The van der Waals surface area contributed by atoms with Crippen molar-refractivity contribution < 1.29 is 13.5 Å². The number of hydrogen-bond acceptors (Lipinski definition) is 2. The Kier molecular flexibility index (Phi) is 0.975. The molecule has 0 bridgehead atoms. The summed E-state index contributed by atoms with van der Waals surface area (Å²) in [6.07, 6.45) is 0. The molecule has 0 aromatic heterocycles. The molecule has 1 heterocycles. The van der Waals surface area contributed by atoms with Gasteiger partial charge in [0.25, 0.3) is 7.45 Å². The van der Waals surface area contributed by atoms with E-state index < -0.39 is 13.3 Å². The third kappa shape index (κ3) is 1.25. The Balaban J connectivity index is 2.52. The Morgan fingerprint density at radius 1 is 2.00 bits per heavy atom. The number of hydrogen-bond donors (Lipinski definition) is 0. The highest BCUT2D eigenvalue weighted by molar-refractivity contribution is 7.58. The molecule has 7 heavy (non-hydrogen) atoms. The molecule has 0 saturated carbocycles. The molecule has 0 spiro atoms. The van der Waals surface area contributed by atoms with Crippen molar-refractivity contribution >= 4 is 7.45 Å². The van der Waals surface area contributed by atoms with E-state index in [9.17, 15) is 8.76 Å². The number of epoxide rings is 1. The zero-order valence-electron chi connectivity index (χ0n) is 3.93. The fourth-order valence-corrected chi connectivity index (χ4v) is 0.928. The Morgan fingerprint density at radius 3 is 2.43 bits per heavy atom. The van der Waals surface area contributed by atoms with E-state index in [4.69, 9.17) is 0 Å². The van der Waals surface area contributed by atoms with E-state index >= 15 is 0 Å². The lowest BCUT2D eigenvalue weighted by atomic mass is 11.0. The summed E-state index contributed by atoms with van der Waals surface area (Å²) in [5, 5.41) is 0. The topological polar surface area (TPSA) is 29.6 Å². The van der Waals surface area contributed by atoms with E-state index in [0.717, 1.165) is 6.66 Å². The van der Waals surface area contributed by atoms with Crippen molar-refractivity contribution in [1.29, 1.82) is 0 Å². The van der Waals surface area contributed by atoms with Gasteiger partial charge in [0.15, 0.2) is 5.85 Å². The van der Waals surface area contributed by atoms with E-state index in [1.807, 2.05) is 0 Å². The molecule has 0 aromatic carbocycles. The maximum Gasteiger partial charge on any atom is 0.270 e. The largest absolute Gasteiger partial charge is 0.362 e. The standard InChI is InChI=1S/C3H6FO2P/c1-7(4,5)3-2-6-3/h3H,2H2,1H3. The quantitative estimate of drug-likeness (QED) is 0.388. The summed E-state index contributed by atoms with van der Waals surface area (Å²) in [4.78, 5) is 0. The van der Waals surface area contributed by atoms with Crippen LogP contribution in [0.2, 0.25) is 0 Å². The van der Waals surface area contributed by atoms with Gasteiger partial charge in [-0.2, -0.15) is 4.20 Å². The van der Waals surface area contributed by atoms with Gasteiger partial charge in [-0.1, -0.05) is 0 Å².